The number of carbonyl (C=O) groups excluding carboxylic acids is 1. The zero-order valence-corrected chi connectivity index (χ0v) is 11.4. The molecule has 3 N–H and O–H groups in total. The number of carbonyl (C=O) groups is 2. The molecule has 1 aromatic carbocycles. The van der Waals surface area contributed by atoms with Gasteiger partial charge in [0.25, 0.3) is 0 Å². The molecule has 2 rings (SSSR count). The summed E-state index contributed by atoms with van der Waals surface area (Å²) >= 11 is 5.84. The van der Waals surface area contributed by atoms with Crippen LogP contribution in [0.2, 0.25) is 5.02 Å². The molecule has 1 fully saturated rings. The maximum Gasteiger partial charge on any atom is 0.305 e. The summed E-state index contributed by atoms with van der Waals surface area (Å²) in [6.07, 6.45) is -0.238. The molecule has 0 bridgehead atoms. The van der Waals surface area contributed by atoms with Gasteiger partial charge in [0, 0.05) is 19.6 Å². The first kappa shape index (κ1) is 14.6. The normalized spacial score (nSPS) is 19.6. The lowest BCUT2D eigenvalue weighted by Gasteiger charge is -2.34. The zero-order valence-electron chi connectivity index (χ0n) is 10.7. The van der Waals surface area contributed by atoms with E-state index in [1.807, 2.05) is 0 Å². The van der Waals surface area contributed by atoms with Crippen LogP contribution in [0.25, 0.3) is 0 Å². The summed E-state index contributed by atoms with van der Waals surface area (Å²) in [6, 6.07) is 4.11. The maximum absolute atomic E-state index is 11.8. The number of phenolic OH excluding ortho intramolecular Hbond substituents is 1. The van der Waals surface area contributed by atoms with Crippen molar-refractivity contribution in [2.24, 2.45) is 0 Å². The Morgan fingerprint density at radius 3 is 2.90 bits per heavy atom. The van der Waals surface area contributed by atoms with Crippen LogP contribution in [-0.4, -0.2) is 46.1 Å². The quantitative estimate of drug-likeness (QED) is 0.766. The van der Waals surface area contributed by atoms with Gasteiger partial charge in [0.15, 0.2) is 0 Å². The number of carboxylic acid groups (broad SMARTS) is 1. The molecule has 1 unspecified atom stereocenters. The molecular formula is C13H15ClN2O4. The van der Waals surface area contributed by atoms with Gasteiger partial charge in [-0.1, -0.05) is 17.7 Å². The van der Waals surface area contributed by atoms with Gasteiger partial charge in [0.05, 0.1) is 11.4 Å². The number of rotatable bonds is 4. The van der Waals surface area contributed by atoms with Crippen molar-refractivity contribution in [3.63, 3.8) is 0 Å². The van der Waals surface area contributed by atoms with Gasteiger partial charge in [0.2, 0.25) is 5.91 Å². The summed E-state index contributed by atoms with van der Waals surface area (Å²) in [4.78, 5) is 24.4. The second-order valence-corrected chi connectivity index (χ2v) is 5.07. The minimum Gasteiger partial charge on any atom is -0.506 e. The van der Waals surface area contributed by atoms with Crippen LogP contribution in [-0.2, 0) is 16.1 Å². The molecule has 0 radical (unpaired) electrons. The highest BCUT2D eigenvalue weighted by Gasteiger charge is 2.31. The number of hydrogen-bond donors (Lipinski definition) is 3. The fourth-order valence-electron chi connectivity index (χ4n) is 2.22. The summed E-state index contributed by atoms with van der Waals surface area (Å²) in [5.41, 5.74) is 0.817. The highest BCUT2D eigenvalue weighted by Crippen LogP contribution is 2.25. The number of nitrogens with zero attached hydrogens (tertiary/aromatic N) is 1. The number of aliphatic carboxylic acids is 1. The monoisotopic (exact) mass is 298 g/mol. The van der Waals surface area contributed by atoms with Crippen molar-refractivity contribution in [1.29, 1.82) is 0 Å². The molecule has 1 atom stereocenters. The molecule has 0 spiro atoms. The van der Waals surface area contributed by atoms with Crippen LogP contribution >= 0.6 is 11.6 Å². The van der Waals surface area contributed by atoms with Crippen LogP contribution in [0.5, 0.6) is 5.75 Å². The Hall–Kier alpha value is -1.79. The number of aromatic hydroxyl groups is 1. The number of nitrogens with one attached hydrogen (secondary N) is 1. The lowest BCUT2D eigenvalue weighted by atomic mass is 10.1. The van der Waals surface area contributed by atoms with Crippen LogP contribution in [0.15, 0.2) is 18.2 Å². The largest absolute Gasteiger partial charge is 0.506 e. The smallest absolute Gasteiger partial charge is 0.305 e. The van der Waals surface area contributed by atoms with Crippen LogP contribution in [0, 0.1) is 0 Å². The fraction of sp³-hybridized carbons (Fsp3) is 0.385. The Labute approximate surface area is 121 Å². The molecule has 0 aromatic heterocycles. The lowest BCUT2D eigenvalue weighted by molar-refractivity contribution is -0.143. The highest BCUT2D eigenvalue weighted by molar-refractivity contribution is 6.32. The third-order valence-electron chi connectivity index (χ3n) is 3.21. The molecule has 1 aromatic rings. The molecule has 0 saturated carbocycles. The van der Waals surface area contributed by atoms with E-state index in [0.29, 0.717) is 19.6 Å². The molecular weight excluding hydrogens is 284 g/mol. The van der Waals surface area contributed by atoms with Crippen molar-refractivity contribution >= 4 is 23.5 Å². The van der Waals surface area contributed by atoms with E-state index in [1.54, 1.807) is 17.0 Å². The van der Waals surface area contributed by atoms with Crippen molar-refractivity contribution in [2.45, 2.75) is 19.0 Å². The third kappa shape index (κ3) is 3.40. The zero-order chi connectivity index (χ0) is 14.7. The molecule has 1 saturated heterocycles. The van der Waals surface area contributed by atoms with Crippen molar-refractivity contribution in [3.8, 4) is 5.75 Å². The van der Waals surface area contributed by atoms with Crippen LogP contribution in [0.1, 0.15) is 12.0 Å². The molecule has 6 nitrogen and oxygen atoms in total. The van der Waals surface area contributed by atoms with Gasteiger partial charge in [0.1, 0.15) is 11.8 Å². The van der Waals surface area contributed by atoms with E-state index in [9.17, 15) is 14.7 Å². The molecule has 7 heteroatoms. The number of benzene rings is 1. The lowest BCUT2D eigenvalue weighted by Crippen LogP contribution is -2.55. The number of amides is 1. The third-order valence-corrected chi connectivity index (χ3v) is 3.51. The number of halogens is 1. The van der Waals surface area contributed by atoms with E-state index in [1.165, 1.54) is 6.07 Å². The fourth-order valence-corrected chi connectivity index (χ4v) is 2.43. The van der Waals surface area contributed by atoms with Crippen molar-refractivity contribution < 1.29 is 19.8 Å². The Morgan fingerprint density at radius 2 is 2.25 bits per heavy atom. The molecule has 0 aliphatic carbocycles. The second-order valence-electron chi connectivity index (χ2n) is 4.66. The highest BCUT2D eigenvalue weighted by atomic mass is 35.5. The summed E-state index contributed by atoms with van der Waals surface area (Å²) in [5, 5.41) is 21.2. The molecule has 1 amide bonds. The average Bonchev–Trinajstić information content (AvgIpc) is 2.38. The first-order valence-corrected chi connectivity index (χ1v) is 6.56. The van der Waals surface area contributed by atoms with Gasteiger partial charge in [-0.05, 0) is 17.7 Å². The summed E-state index contributed by atoms with van der Waals surface area (Å²) in [6.45, 7) is 1.47. The van der Waals surface area contributed by atoms with Gasteiger partial charge >= 0.3 is 5.97 Å². The number of piperazine rings is 1. The van der Waals surface area contributed by atoms with E-state index >= 15 is 0 Å². The van der Waals surface area contributed by atoms with Gasteiger partial charge in [-0.3, -0.25) is 14.5 Å². The first-order valence-electron chi connectivity index (χ1n) is 6.18. The van der Waals surface area contributed by atoms with Crippen LogP contribution < -0.4 is 5.32 Å². The Balaban J connectivity index is 2.13. The summed E-state index contributed by atoms with van der Waals surface area (Å²) < 4.78 is 0. The van der Waals surface area contributed by atoms with Gasteiger partial charge in [-0.15, -0.1) is 0 Å². The van der Waals surface area contributed by atoms with E-state index in [0.717, 1.165) is 5.56 Å². The van der Waals surface area contributed by atoms with Crippen molar-refractivity contribution in [2.75, 3.05) is 13.1 Å². The van der Waals surface area contributed by atoms with E-state index in [2.05, 4.69) is 5.32 Å². The minimum absolute atomic E-state index is 0.00566. The Kier molecular flexibility index (Phi) is 4.46. The van der Waals surface area contributed by atoms with E-state index < -0.39 is 12.0 Å². The molecule has 108 valence electrons. The van der Waals surface area contributed by atoms with Crippen LogP contribution in [0.4, 0.5) is 0 Å². The number of carboxylic acids is 1. The van der Waals surface area contributed by atoms with Crippen LogP contribution in [0.3, 0.4) is 0 Å². The van der Waals surface area contributed by atoms with Crippen molar-refractivity contribution in [1.82, 2.24) is 10.2 Å². The van der Waals surface area contributed by atoms with E-state index in [4.69, 9.17) is 16.7 Å². The maximum atomic E-state index is 11.8. The second kappa shape index (κ2) is 6.11. The summed E-state index contributed by atoms with van der Waals surface area (Å²) in [7, 11) is 0. The minimum atomic E-state index is -1.01. The predicted octanol–water partition coefficient (Wildman–Crippen LogP) is 0.821. The van der Waals surface area contributed by atoms with E-state index in [-0.39, 0.29) is 23.1 Å². The van der Waals surface area contributed by atoms with Gasteiger partial charge in [-0.25, -0.2) is 0 Å². The topological polar surface area (TPSA) is 89.9 Å². The standard InChI is InChI=1S/C13H15ClN2O4/c14-9-5-8(1-2-11(9)17)7-16-4-3-15-13(20)10(16)6-12(18)19/h1-2,5,10,17H,3-4,6-7H2,(H,15,20)(H,18,19). The SMILES string of the molecule is O=C(O)CC1C(=O)NCCN1Cc1ccc(O)c(Cl)c1. The first-order chi connectivity index (χ1) is 9.47. The number of hydrogen-bond acceptors (Lipinski definition) is 4. The predicted molar refractivity (Wildman–Crippen MR) is 72.6 cm³/mol. The molecule has 1 aliphatic rings. The molecule has 20 heavy (non-hydrogen) atoms. The van der Waals surface area contributed by atoms with Crippen molar-refractivity contribution in [3.05, 3.63) is 28.8 Å². The average molecular weight is 299 g/mol. The molecule has 1 aliphatic heterocycles. The van der Waals surface area contributed by atoms with Gasteiger partial charge < -0.3 is 15.5 Å². The number of phenols is 1. The van der Waals surface area contributed by atoms with Gasteiger partial charge in [-0.2, -0.15) is 0 Å². The Morgan fingerprint density at radius 1 is 1.50 bits per heavy atom. The summed E-state index contributed by atoms with van der Waals surface area (Å²) in [5.74, 6) is -1.29. The Bertz CT molecular complexity index is 535. The molecule has 1 heterocycles.